The Labute approximate surface area is 101 Å². The smallest absolute Gasteiger partial charge is 0.304 e. The van der Waals surface area contributed by atoms with Crippen molar-refractivity contribution in [2.45, 2.75) is 12.5 Å². The molecule has 1 aromatic carbocycles. The molecule has 1 N–H and O–H groups in total. The first-order chi connectivity index (χ1) is 8.25. The summed E-state index contributed by atoms with van der Waals surface area (Å²) >= 11 is 0. The SMILES string of the molecule is O=C(O)CCN1CCO[C@@H](c2ccccc2)C1. The lowest BCUT2D eigenvalue weighted by Crippen LogP contribution is -2.39. The predicted octanol–water partition coefficient (Wildman–Crippen LogP) is 1.53. The van der Waals surface area contributed by atoms with E-state index in [2.05, 4.69) is 4.90 Å². The summed E-state index contributed by atoms with van der Waals surface area (Å²) in [5.74, 6) is -0.743. The topological polar surface area (TPSA) is 49.8 Å². The Balaban J connectivity index is 1.91. The summed E-state index contributed by atoms with van der Waals surface area (Å²) in [4.78, 5) is 12.7. The molecular formula is C13H17NO3. The van der Waals surface area contributed by atoms with Crippen molar-refractivity contribution in [2.75, 3.05) is 26.2 Å². The third-order valence-electron chi connectivity index (χ3n) is 2.96. The van der Waals surface area contributed by atoms with Gasteiger partial charge < -0.3 is 9.84 Å². The van der Waals surface area contributed by atoms with E-state index in [0.29, 0.717) is 13.2 Å². The van der Waals surface area contributed by atoms with Gasteiger partial charge in [-0.25, -0.2) is 0 Å². The Morgan fingerprint density at radius 1 is 1.41 bits per heavy atom. The molecule has 17 heavy (non-hydrogen) atoms. The lowest BCUT2D eigenvalue weighted by atomic mass is 10.1. The van der Waals surface area contributed by atoms with E-state index in [1.165, 1.54) is 0 Å². The quantitative estimate of drug-likeness (QED) is 0.860. The summed E-state index contributed by atoms with van der Waals surface area (Å²) < 4.78 is 5.71. The Hall–Kier alpha value is -1.39. The van der Waals surface area contributed by atoms with E-state index in [9.17, 15) is 4.79 Å². The van der Waals surface area contributed by atoms with Crippen LogP contribution in [-0.4, -0.2) is 42.2 Å². The van der Waals surface area contributed by atoms with Gasteiger partial charge in [0.25, 0.3) is 0 Å². The highest BCUT2D eigenvalue weighted by molar-refractivity contribution is 5.66. The lowest BCUT2D eigenvalue weighted by Gasteiger charge is -2.32. The zero-order chi connectivity index (χ0) is 12.1. The molecule has 2 rings (SSSR count). The van der Waals surface area contributed by atoms with Gasteiger partial charge >= 0.3 is 5.97 Å². The van der Waals surface area contributed by atoms with Crippen LogP contribution in [0.4, 0.5) is 0 Å². The van der Waals surface area contributed by atoms with E-state index < -0.39 is 5.97 Å². The van der Waals surface area contributed by atoms with Gasteiger partial charge in [-0.2, -0.15) is 0 Å². The highest BCUT2D eigenvalue weighted by Crippen LogP contribution is 2.21. The maximum Gasteiger partial charge on any atom is 0.304 e. The largest absolute Gasteiger partial charge is 0.481 e. The van der Waals surface area contributed by atoms with Crippen molar-refractivity contribution < 1.29 is 14.6 Å². The summed E-state index contributed by atoms with van der Waals surface area (Å²) in [6, 6.07) is 10.1. The van der Waals surface area contributed by atoms with Gasteiger partial charge in [-0.05, 0) is 5.56 Å². The van der Waals surface area contributed by atoms with Crippen molar-refractivity contribution in [3.8, 4) is 0 Å². The van der Waals surface area contributed by atoms with E-state index in [0.717, 1.165) is 18.7 Å². The van der Waals surface area contributed by atoms with Gasteiger partial charge in [-0.3, -0.25) is 9.69 Å². The number of rotatable bonds is 4. The van der Waals surface area contributed by atoms with Gasteiger partial charge in [0.15, 0.2) is 0 Å². The summed E-state index contributed by atoms with van der Waals surface area (Å²) in [7, 11) is 0. The zero-order valence-electron chi connectivity index (χ0n) is 9.71. The van der Waals surface area contributed by atoms with Crippen LogP contribution < -0.4 is 0 Å². The molecule has 92 valence electrons. The maximum atomic E-state index is 10.5. The van der Waals surface area contributed by atoms with Crippen molar-refractivity contribution >= 4 is 5.97 Å². The van der Waals surface area contributed by atoms with E-state index in [1.807, 2.05) is 30.3 Å². The summed E-state index contributed by atoms with van der Waals surface area (Å²) in [5, 5.41) is 8.67. The average Bonchev–Trinajstić information content (AvgIpc) is 2.38. The Kier molecular flexibility index (Phi) is 4.12. The summed E-state index contributed by atoms with van der Waals surface area (Å²) in [6.45, 7) is 2.86. The third-order valence-corrected chi connectivity index (χ3v) is 2.96. The molecule has 0 spiro atoms. The number of carboxylic acids is 1. The molecule has 1 saturated heterocycles. The first-order valence-corrected chi connectivity index (χ1v) is 5.86. The van der Waals surface area contributed by atoms with E-state index in [4.69, 9.17) is 9.84 Å². The molecule has 0 saturated carbocycles. The monoisotopic (exact) mass is 235 g/mol. The molecule has 0 radical (unpaired) electrons. The maximum absolute atomic E-state index is 10.5. The third kappa shape index (κ3) is 3.54. The van der Waals surface area contributed by atoms with Crippen LogP contribution in [0.2, 0.25) is 0 Å². The van der Waals surface area contributed by atoms with Gasteiger partial charge in [0.2, 0.25) is 0 Å². The van der Waals surface area contributed by atoms with Gasteiger partial charge in [0.1, 0.15) is 0 Å². The fourth-order valence-corrected chi connectivity index (χ4v) is 2.03. The first kappa shape index (κ1) is 12.1. The van der Waals surface area contributed by atoms with Crippen LogP contribution in [0.1, 0.15) is 18.1 Å². The minimum atomic E-state index is -0.743. The molecule has 1 fully saturated rings. The number of carbonyl (C=O) groups is 1. The minimum Gasteiger partial charge on any atom is -0.481 e. The highest BCUT2D eigenvalue weighted by atomic mass is 16.5. The van der Waals surface area contributed by atoms with Crippen molar-refractivity contribution in [1.29, 1.82) is 0 Å². The normalized spacial score (nSPS) is 21.3. The second kappa shape index (κ2) is 5.80. The summed E-state index contributed by atoms with van der Waals surface area (Å²) in [5.41, 5.74) is 1.16. The molecule has 1 aromatic rings. The lowest BCUT2D eigenvalue weighted by molar-refractivity contribution is -0.137. The highest BCUT2D eigenvalue weighted by Gasteiger charge is 2.21. The van der Waals surface area contributed by atoms with E-state index in [1.54, 1.807) is 0 Å². The minimum absolute atomic E-state index is 0.0683. The van der Waals surface area contributed by atoms with Gasteiger partial charge in [0.05, 0.1) is 19.1 Å². The number of aliphatic carboxylic acids is 1. The Morgan fingerprint density at radius 3 is 2.88 bits per heavy atom. The second-order valence-corrected chi connectivity index (χ2v) is 4.21. The van der Waals surface area contributed by atoms with Crippen molar-refractivity contribution in [1.82, 2.24) is 4.90 Å². The van der Waals surface area contributed by atoms with Crippen molar-refractivity contribution in [3.63, 3.8) is 0 Å². The van der Waals surface area contributed by atoms with Crippen LogP contribution in [0.3, 0.4) is 0 Å². The second-order valence-electron chi connectivity index (χ2n) is 4.21. The Morgan fingerprint density at radius 2 is 2.18 bits per heavy atom. The number of ether oxygens (including phenoxy) is 1. The van der Waals surface area contributed by atoms with Crippen LogP contribution >= 0.6 is 0 Å². The van der Waals surface area contributed by atoms with Gasteiger partial charge in [-0.1, -0.05) is 30.3 Å². The number of hydrogen-bond donors (Lipinski definition) is 1. The fourth-order valence-electron chi connectivity index (χ4n) is 2.03. The van der Waals surface area contributed by atoms with Crippen LogP contribution in [0.5, 0.6) is 0 Å². The molecule has 1 aliphatic heterocycles. The average molecular weight is 235 g/mol. The molecule has 4 nitrogen and oxygen atoms in total. The zero-order valence-corrected chi connectivity index (χ0v) is 9.71. The molecule has 0 aliphatic carbocycles. The van der Waals surface area contributed by atoms with E-state index >= 15 is 0 Å². The number of benzene rings is 1. The molecule has 0 amide bonds. The molecule has 0 unspecified atom stereocenters. The fraction of sp³-hybridized carbons (Fsp3) is 0.462. The number of hydrogen-bond acceptors (Lipinski definition) is 3. The number of nitrogens with zero attached hydrogens (tertiary/aromatic N) is 1. The van der Waals surface area contributed by atoms with Crippen LogP contribution in [0.15, 0.2) is 30.3 Å². The van der Waals surface area contributed by atoms with Crippen molar-refractivity contribution in [3.05, 3.63) is 35.9 Å². The first-order valence-electron chi connectivity index (χ1n) is 5.86. The predicted molar refractivity (Wildman–Crippen MR) is 63.8 cm³/mol. The van der Waals surface area contributed by atoms with Crippen LogP contribution in [-0.2, 0) is 9.53 Å². The van der Waals surface area contributed by atoms with Crippen LogP contribution in [0.25, 0.3) is 0 Å². The van der Waals surface area contributed by atoms with Gasteiger partial charge in [-0.15, -0.1) is 0 Å². The van der Waals surface area contributed by atoms with Crippen molar-refractivity contribution in [2.24, 2.45) is 0 Å². The molecule has 4 heteroatoms. The number of morpholine rings is 1. The molecule has 1 atom stereocenters. The summed E-state index contributed by atoms with van der Waals surface area (Å²) in [6.07, 6.45) is 0.264. The van der Waals surface area contributed by atoms with Gasteiger partial charge in [0, 0.05) is 19.6 Å². The molecule has 0 aromatic heterocycles. The molecule has 0 bridgehead atoms. The molecular weight excluding hydrogens is 218 g/mol. The standard InChI is InChI=1S/C13H17NO3/c15-13(16)6-7-14-8-9-17-12(10-14)11-4-2-1-3-5-11/h1-5,12H,6-10H2,(H,15,16)/t12-/m1/s1. The molecule has 1 aliphatic rings. The van der Waals surface area contributed by atoms with Crippen LogP contribution in [0, 0.1) is 0 Å². The molecule has 1 heterocycles. The van der Waals surface area contributed by atoms with E-state index in [-0.39, 0.29) is 12.5 Å². The Bertz CT molecular complexity index is 366. The number of carboxylic acid groups (broad SMARTS) is 1.